The second-order valence-corrected chi connectivity index (χ2v) is 25.4. The van der Waals surface area contributed by atoms with Crippen molar-refractivity contribution in [2.45, 2.75) is 134 Å². The van der Waals surface area contributed by atoms with Gasteiger partial charge in [-0.3, -0.25) is 24.6 Å². The lowest BCUT2D eigenvalue weighted by Crippen LogP contribution is -2.55. The number of carbonyl (C=O) groups is 6. The number of nitrogens with one attached hydrogen (secondary N) is 3. The highest BCUT2D eigenvalue weighted by molar-refractivity contribution is 7.88. The summed E-state index contributed by atoms with van der Waals surface area (Å²) < 4.78 is 46.9. The molecular weight excluding hydrogens is 1060 g/mol. The fourth-order valence-electron chi connectivity index (χ4n) is 11.2. The quantitative estimate of drug-likeness (QED) is 0.0479. The predicted octanol–water partition coefficient (Wildman–Crippen LogP) is 10.7. The number of urea groups is 1. The molecule has 4 aliphatic heterocycles. The van der Waals surface area contributed by atoms with E-state index >= 15 is 0 Å². The molecule has 414 valence electrons. The van der Waals surface area contributed by atoms with Crippen LogP contribution in [0.15, 0.2) is 78.9 Å². The van der Waals surface area contributed by atoms with Crippen LogP contribution in [-0.4, -0.2) is 109 Å². The third-order valence-corrected chi connectivity index (χ3v) is 18.4. The Morgan fingerprint density at radius 3 is 2.44 bits per heavy atom. The summed E-state index contributed by atoms with van der Waals surface area (Å²) in [4.78, 5) is 82.3. The van der Waals surface area contributed by atoms with Gasteiger partial charge in [-0.2, -0.15) is 4.31 Å². The summed E-state index contributed by atoms with van der Waals surface area (Å²) in [7, 11) is -3.82. The fourth-order valence-corrected chi connectivity index (χ4v) is 14.6. The summed E-state index contributed by atoms with van der Waals surface area (Å²) in [5.74, 6) is -2.38. The van der Waals surface area contributed by atoms with Crippen LogP contribution in [0, 0.1) is 0 Å². The van der Waals surface area contributed by atoms with Gasteiger partial charge < -0.3 is 29.7 Å². The second-order valence-electron chi connectivity index (χ2n) is 22.1. The van der Waals surface area contributed by atoms with Crippen LogP contribution in [0.4, 0.5) is 21.9 Å². The van der Waals surface area contributed by atoms with Crippen molar-refractivity contribution in [3.8, 4) is 16.2 Å². The zero-order chi connectivity index (χ0) is 55.7. The van der Waals surface area contributed by atoms with E-state index < -0.39 is 51.7 Å². The number of imide groups is 1. The van der Waals surface area contributed by atoms with E-state index in [2.05, 4.69) is 16.0 Å². The number of thiophene rings is 1. The first-order chi connectivity index (χ1) is 37.1. The number of piperidine rings is 2. The van der Waals surface area contributed by atoms with E-state index in [1.165, 1.54) is 4.90 Å². The number of carbonyl (C=O) groups excluding carboxylic acids is 6. The lowest BCUT2D eigenvalue weighted by Gasteiger charge is -2.45. The molecule has 20 heteroatoms. The van der Waals surface area contributed by atoms with Gasteiger partial charge in [0.2, 0.25) is 21.8 Å². The van der Waals surface area contributed by atoms with Crippen molar-refractivity contribution in [1.29, 1.82) is 0 Å². The van der Waals surface area contributed by atoms with Crippen LogP contribution in [-0.2, 0) is 39.6 Å². The monoisotopic (exact) mass is 1120 g/mol. The first kappa shape index (κ1) is 56.2. The lowest BCUT2D eigenvalue weighted by molar-refractivity contribution is -0.157. The average molecular weight is 1120 g/mol. The Balaban J connectivity index is 0.810. The van der Waals surface area contributed by atoms with Crippen molar-refractivity contribution in [3.63, 3.8) is 0 Å². The molecule has 1 unspecified atom stereocenters. The number of rotatable bonds is 16. The standard InChI is InChI=1S/C58H67ClN6O11S2/c1-7-8-29-74-55(70)52-50(75-33-47(67)76-57(2,3)4)49(59)51(77-52)37-14-10-17-39(31-37)60-40-25-28-64(58(5,6)32-40)78(72,73)34-35-13-9-16-38(30-35)61-56(71)63-26-12-15-36(24-27-63)41-20-21-43-48-42(41)18-11-19-44(48)65(54(43)69)45-22-23-46(66)62-53(45)68/h9-11,13-14,16-21,30-31,36,40,45,60H,7-8,12,15,22-29,32-34H2,1-6H3,(H,61,71)(H,62,66,68)/t36-,40+,45?/m1/s1. The maximum absolute atomic E-state index is 14.3. The molecule has 3 atom stereocenters. The van der Waals surface area contributed by atoms with Gasteiger partial charge in [0.15, 0.2) is 17.2 Å². The van der Waals surface area contributed by atoms with E-state index in [0.717, 1.165) is 52.6 Å². The molecule has 4 aliphatic rings. The van der Waals surface area contributed by atoms with Crippen molar-refractivity contribution in [1.82, 2.24) is 14.5 Å². The van der Waals surface area contributed by atoms with Crippen LogP contribution in [0.25, 0.3) is 21.2 Å². The minimum atomic E-state index is -3.82. The number of amides is 5. The second kappa shape index (κ2) is 23.0. The summed E-state index contributed by atoms with van der Waals surface area (Å²) in [5, 5.41) is 10.9. The van der Waals surface area contributed by atoms with E-state index in [1.807, 2.05) is 75.4 Å². The Bertz CT molecular complexity index is 3280. The summed E-state index contributed by atoms with van der Waals surface area (Å²) >= 11 is 8.04. The molecule has 5 amide bonds. The van der Waals surface area contributed by atoms with E-state index in [0.29, 0.717) is 71.7 Å². The number of sulfonamides is 1. The molecular formula is C58H67ClN6O11S2. The maximum atomic E-state index is 14.3. The molecule has 3 fully saturated rings. The number of unbranched alkanes of at least 4 members (excludes halogenated alkanes) is 1. The van der Waals surface area contributed by atoms with Gasteiger partial charge in [-0.05, 0) is 144 Å². The highest BCUT2D eigenvalue weighted by Crippen LogP contribution is 2.47. The predicted molar refractivity (Wildman–Crippen MR) is 302 cm³/mol. The Labute approximate surface area is 464 Å². The average Bonchev–Trinajstić information content (AvgIpc) is 3.98. The van der Waals surface area contributed by atoms with Crippen LogP contribution in [0.1, 0.15) is 136 Å². The fraction of sp³-hybridized carbons (Fsp3) is 0.448. The summed E-state index contributed by atoms with van der Waals surface area (Å²) in [6, 6.07) is 23.0. The Morgan fingerprint density at radius 1 is 0.910 bits per heavy atom. The first-order valence-electron chi connectivity index (χ1n) is 26.7. The SMILES string of the molecule is CCCCOC(=O)c1sc(-c2cccc(N[C@H]3CCN(S(=O)(=O)Cc4cccc(NC(=O)N5CCC[C@@H](c6ccc7c8c(cccc68)N(C6CCC(=O)NC6=O)C7=O)CC5)c4)C(C)(C)C3)c2)c(Cl)c1OCC(=O)OC(C)(C)C. The van der Waals surface area contributed by atoms with Crippen LogP contribution in [0.3, 0.4) is 0 Å². The maximum Gasteiger partial charge on any atom is 0.352 e. The number of benzene rings is 4. The van der Waals surface area contributed by atoms with E-state index in [9.17, 15) is 37.2 Å². The van der Waals surface area contributed by atoms with Crippen molar-refractivity contribution >= 4 is 96.5 Å². The van der Waals surface area contributed by atoms with Crippen LogP contribution in [0.2, 0.25) is 5.02 Å². The van der Waals surface area contributed by atoms with Crippen LogP contribution in [0.5, 0.6) is 5.75 Å². The molecule has 3 N–H and O–H groups in total. The topological polar surface area (TPSA) is 210 Å². The summed E-state index contributed by atoms with van der Waals surface area (Å²) in [6.07, 6.45) is 5.22. The first-order valence-corrected chi connectivity index (χ1v) is 29.5. The molecule has 1 aromatic heterocycles. The number of likely N-dealkylation sites (tertiary alicyclic amines) is 1. The lowest BCUT2D eigenvalue weighted by atomic mass is 9.87. The van der Waals surface area contributed by atoms with Gasteiger partial charge in [0.1, 0.15) is 16.7 Å². The van der Waals surface area contributed by atoms with Crippen molar-refractivity contribution in [3.05, 3.63) is 105 Å². The normalized spacial score (nSPS) is 19.8. The number of hydrogen-bond donors (Lipinski definition) is 3. The number of nitrogens with zero attached hydrogens (tertiary/aromatic N) is 3. The van der Waals surface area contributed by atoms with Crippen LogP contribution >= 0.6 is 22.9 Å². The van der Waals surface area contributed by atoms with Crippen LogP contribution < -0.4 is 25.6 Å². The number of esters is 2. The molecule has 0 spiro atoms. The number of hydrogen-bond acceptors (Lipinski definition) is 13. The molecule has 3 saturated heterocycles. The highest BCUT2D eigenvalue weighted by atomic mass is 35.5. The van der Waals surface area contributed by atoms with Crippen molar-refractivity contribution in [2.75, 3.05) is 48.4 Å². The van der Waals surface area contributed by atoms with E-state index in [4.69, 9.17) is 25.8 Å². The number of ether oxygens (including phenoxy) is 3. The third kappa shape index (κ3) is 12.3. The highest BCUT2D eigenvalue weighted by Gasteiger charge is 2.43. The molecule has 9 rings (SSSR count). The molecule has 0 saturated carbocycles. The number of halogens is 1. The summed E-state index contributed by atoms with van der Waals surface area (Å²) in [6.45, 7) is 12.1. The molecule has 0 aliphatic carbocycles. The molecule has 17 nitrogen and oxygen atoms in total. The van der Waals surface area contributed by atoms with E-state index in [-0.39, 0.29) is 77.2 Å². The minimum absolute atomic E-state index is 0.0506. The summed E-state index contributed by atoms with van der Waals surface area (Å²) in [5.41, 5.74) is 3.30. The molecule has 0 radical (unpaired) electrons. The van der Waals surface area contributed by atoms with Gasteiger partial charge in [-0.25, -0.2) is 22.8 Å². The van der Waals surface area contributed by atoms with Gasteiger partial charge in [0.05, 0.1) is 22.9 Å². The third-order valence-electron chi connectivity index (χ3n) is 14.7. The Morgan fingerprint density at radius 2 is 1.68 bits per heavy atom. The smallest absolute Gasteiger partial charge is 0.352 e. The van der Waals surface area contributed by atoms with Gasteiger partial charge in [-0.15, -0.1) is 11.3 Å². The minimum Gasteiger partial charge on any atom is -0.479 e. The number of anilines is 3. The van der Waals surface area contributed by atoms with Gasteiger partial charge in [0.25, 0.3) is 5.91 Å². The zero-order valence-electron chi connectivity index (χ0n) is 44.9. The Kier molecular flexibility index (Phi) is 16.6. The van der Waals surface area contributed by atoms with Gasteiger partial charge in [0, 0.05) is 60.0 Å². The van der Waals surface area contributed by atoms with Gasteiger partial charge in [-0.1, -0.05) is 67.4 Å². The zero-order valence-corrected chi connectivity index (χ0v) is 47.3. The van der Waals surface area contributed by atoms with Gasteiger partial charge >= 0.3 is 18.0 Å². The molecule has 0 bridgehead atoms. The van der Waals surface area contributed by atoms with Crippen molar-refractivity contribution in [2.24, 2.45) is 0 Å². The molecule has 78 heavy (non-hydrogen) atoms. The molecule has 4 aromatic carbocycles. The molecule has 5 aromatic rings. The van der Waals surface area contributed by atoms with E-state index in [1.54, 1.807) is 54.2 Å². The largest absolute Gasteiger partial charge is 0.479 e. The molecule has 5 heterocycles. The Hall–Kier alpha value is -6.54. The van der Waals surface area contributed by atoms with Crippen molar-refractivity contribution < 1.29 is 51.4 Å².